The summed E-state index contributed by atoms with van der Waals surface area (Å²) in [5.41, 5.74) is 0.673. The third kappa shape index (κ3) is 2.90. The first-order valence-electron chi connectivity index (χ1n) is 4.42. The molecule has 0 spiro atoms. The Morgan fingerprint density at radius 1 is 1.31 bits per heavy atom. The van der Waals surface area contributed by atoms with E-state index in [2.05, 4.69) is 0 Å². The van der Waals surface area contributed by atoms with E-state index in [9.17, 15) is 4.79 Å². The Kier molecular flexibility index (Phi) is 3.07. The molecule has 2 heteroatoms. The number of benzene rings is 1. The van der Waals surface area contributed by atoms with Gasteiger partial charge >= 0.3 is 0 Å². The fourth-order valence-corrected chi connectivity index (χ4v) is 1.14. The fourth-order valence-electron chi connectivity index (χ4n) is 1.14. The SMILES string of the molecule is CC(C)CC(=O)c1ccc(O)cc1. The summed E-state index contributed by atoms with van der Waals surface area (Å²) in [7, 11) is 0. The molecule has 1 aromatic carbocycles. The number of rotatable bonds is 3. The lowest BCUT2D eigenvalue weighted by Gasteiger charge is -2.03. The van der Waals surface area contributed by atoms with Crippen LogP contribution in [0.15, 0.2) is 24.3 Å². The normalized spacial score (nSPS) is 10.4. The Labute approximate surface area is 78.2 Å². The summed E-state index contributed by atoms with van der Waals surface area (Å²) in [6.45, 7) is 4.02. The van der Waals surface area contributed by atoms with Gasteiger partial charge in [0.05, 0.1) is 0 Å². The third-order valence-electron chi connectivity index (χ3n) is 1.78. The van der Waals surface area contributed by atoms with Gasteiger partial charge in [0.15, 0.2) is 5.78 Å². The highest BCUT2D eigenvalue weighted by Crippen LogP contribution is 2.13. The Bertz CT molecular complexity index is 285. The molecule has 70 valence electrons. The minimum Gasteiger partial charge on any atom is -0.508 e. The van der Waals surface area contributed by atoms with Gasteiger partial charge in [-0.15, -0.1) is 0 Å². The summed E-state index contributed by atoms with van der Waals surface area (Å²) >= 11 is 0. The fraction of sp³-hybridized carbons (Fsp3) is 0.364. The van der Waals surface area contributed by atoms with Gasteiger partial charge in [-0.2, -0.15) is 0 Å². The molecule has 13 heavy (non-hydrogen) atoms. The van der Waals surface area contributed by atoms with Crippen LogP contribution in [0.4, 0.5) is 0 Å². The molecular formula is C11H14O2. The molecule has 0 aliphatic carbocycles. The van der Waals surface area contributed by atoms with Crippen LogP contribution in [-0.4, -0.2) is 10.9 Å². The lowest BCUT2D eigenvalue weighted by Crippen LogP contribution is -2.02. The predicted molar refractivity (Wildman–Crippen MR) is 51.9 cm³/mol. The molecule has 1 rings (SSSR count). The molecule has 0 saturated heterocycles. The Morgan fingerprint density at radius 2 is 1.85 bits per heavy atom. The Balaban J connectivity index is 2.72. The number of hydrogen-bond donors (Lipinski definition) is 1. The maximum Gasteiger partial charge on any atom is 0.163 e. The van der Waals surface area contributed by atoms with E-state index in [0.29, 0.717) is 17.9 Å². The van der Waals surface area contributed by atoms with Gasteiger partial charge in [0, 0.05) is 12.0 Å². The summed E-state index contributed by atoms with van der Waals surface area (Å²) in [6, 6.07) is 6.38. The average Bonchev–Trinajstić information content (AvgIpc) is 2.04. The van der Waals surface area contributed by atoms with E-state index in [-0.39, 0.29) is 11.5 Å². The zero-order valence-electron chi connectivity index (χ0n) is 7.95. The van der Waals surface area contributed by atoms with E-state index in [1.807, 2.05) is 13.8 Å². The van der Waals surface area contributed by atoms with Crippen molar-refractivity contribution in [3.05, 3.63) is 29.8 Å². The second kappa shape index (κ2) is 4.08. The van der Waals surface area contributed by atoms with Gasteiger partial charge in [-0.3, -0.25) is 4.79 Å². The number of Topliss-reactive ketones (excluding diaryl/α,β-unsaturated/α-hetero) is 1. The molecule has 0 unspecified atom stereocenters. The van der Waals surface area contributed by atoms with Crippen LogP contribution in [0.3, 0.4) is 0 Å². The first-order chi connectivity index (χ1) is 6.09. The van der Waals surface area contributed by atoms with Gasteiger partial charge in [-0.05, 0) is 30.2 Å². The minimum absolute atomic E-state index is 0.134. The summed E-state index contributed by atoms with van der Waals surface area (Å²) in [4.78, 5) is 11.5. The molecular weight excluding hydrogens is 164 g/mol. The molecule has 0 bridgehead atoms. The largest absolute Gasteiger partial charge is 0.508 e. The van der Waals surface area contributed by atoms with Gasteiger partial charge < -0.3 is 5.11 Å². The van der Waals surface area contributed by atoms with Crippen LogP contribution in [0.2, 0.25) is 0 Å². The third-order valence-corrected chi connectivity index (χ3v) is 1.78. The van der Waals surface area contributed by atoms with E-state index in [1.165, 1.54) is 12.1 Å². The van der Waals surface area contributed by atoms with Crippen molar-refractivity contribution in [3.63, 3.8) is 0 Å². The highest BCUT2D eigenvalue weighted by Gasteiger charge is 2.07. The van der Waals surface area contributed by atoms with Crippen LogP contribution < -0.4 is 0 Å². The molecule has 0 aliphatic heterocycles. The molecule has 0 heterocycles. The minimum atomic E-state index is 0.134. The van der Waals surface area contributed by atoms with Crippen LogP contribution in [0.25, 0.3) is 0 Å². The van der Waals surface area contributed by atoms with E-state index < -0.39 is 0 Å². The van der Waals surface area contributed by atoms with Gasteiger partial charge in [-0.25, -0.2) is 0 Å². The number of carbonyl (C=O) groups is 1. The number of aromatic hydroxyl groups is 1. The van der Waals surface area contributed by atoms with E-state index >= 15 is 0 Å². The van der Waals surface area contributed by atoms with Crippen LogP contribution in [0.1, 0.15) is 30.6 Å². The maximum absolute atomic E-state index is 11.5. The first kappa shape index (κ1) is 9.78. The van der Waals surface area contributed by atoms with Crippen molar-refractivity contribution in [2.75, 3.05) is 0 Å². The van der Waals surface area contributed by atoms with Crippen molar-refractivity contribution in [2.45, 2.75) is 20.3 Å². The Morgan fingerprint density at radius 3 is 2.31 bits per heavy atom. The summed E-state index contributed by atoms with van der Waals surface area (Å²) in [5, 5.41) is 9.01. The average molecular weight is 178 g/mol. The van der Waals surface area contributed by atoms with Crippen molar-refractivity contribution in [2.24, 2.45) is 5.92 Å². The molecule has 0 amide bonds. The maximum atomic E-state index is 11.5. The van der Waals surface area contributed by atoms with Crippen molar-refractivity contribution < 1.29 is 9.90 Å². The number of hydrogen-bond acceptors (Lipinski definition) is 2. The number of carbonyl (C=O) groups excluding carboxylic acids is 1. The molecule has 2 nitrogen and oxygen atoms in total. The van der Waals surface area contributed by atoms with Gasteiger partial charge in [0.25, 0.3) is 0 Å². The summed E-state index contributed by atoms with van der Waals surface area (Å²) in [5.74, 6) is 0.706. The van der Waals surface area contributed by atoms with Crippen molar-refractivity contribution >= 4 is 5.78 Å². The van der Waals surface area contributed by atoms with Gasteiger partial charge in [0.2, 0.25) is 0 Å². The molecule has 0 radical (unpaired) electrons. The van der Waals surface area contributed by atoms with E-state index in [1.54, 1.807) is 12.1 Å². The van der Waals surface area contributed by atoms with E-state index in [0.717, 1.165) is 0 Å². The lowest BCUT2D eigenvalue weighted by molar-refractivity contribution is 0.0968. The lowest BCUT2D eigenvalue weighted by atomic mass is 10.0. The molecule has 0 saturated carbocycles. The highest BCUT2D eigenvalue weighted by atomic mass is 16.3. The molecule has 0 fully saturated rings. The molecule has 0 aliphatic rings. The quantitative estimate of drug-likeness (QED) is 0.722. The van der Waals surface area contributed by atoms with Crippen LogP contribution in [0, 0.1) is 5.92 Å². The topological polar surface area (TPSA) is 37.3 Å². The second-order valence-electron chi connectivity index (χ2n) is 3.57. The van der Waals surface area contributed by atoms with Crippen LogP contribution >= 0.6 is 0 Å². The number of phenolic OH excluding ortho intramolecular Hbond substituents is 1. The summed E-state index contributed by atoms with van der Waals surface area (Å²) in [6.07, 6.45) is 0.560. The van der Waals surface area contributed by atoms with E-state index in [4.69, 9.17) is 5.11 Å². The first-order valence-corrected chi connectivity index (χ1v) is 4.42. The van der Waals surface area contributed by atoms with Crippen LogP contribution in [-0.2, 0) is 0 Å². The monoisotopic (exact) mass is 178 g/mol. The van der Waals surface area contributed by atoms with Gasteiger partial charge in [0.1, 0.15) is 5.75 Å². The van der Waals surface area contributed by atoms with Crippen molar-refractivity contribution in [3.8, 4) is 5.75 Å². The number of phenols is 1. The molecule has 1 aromatic rings. The van der Waals surface area contributed by atoms with Crippen molar-refractivity contribution in [1.82, 2.24) is 0 Å². The van der Waals surface area contributed by atoms with Crippen molar-refractivity contribution in [1.29, 1.82) is 0 Å². The van der Waals surface area contributed by atoms with Gasteiger partial charge in [-0.1, -0.05) is 13.8 Å². The second-order valence-corrected chi connectivity index (χ2v) is 3.57. The number of ketones is 1. The summed E-state index contributed by atoms with van der Waals surface area (Å²) < 4.78 is 0. The smallest absolute Gasteiger partial charge is 0.163 e. The standard InChI is InChI=1S/C11H14O2/c1-8(2)7-11(13)9-3-5-10(12)6-4-9/h3-6,8,12H,7H2,1-2H3. The molecule has 0 aromatic heterocycles. The molecule has 1 N–H and O–H groups in total. The predicted octanol–water partition coefficient (Wildman–Crippen LogP) is 2.62. The Hall–Kier alpha value is -1.31. The zero-order valence-corrected chi connectivity index (χ0v) is 7.95. The van der Waals surface area contributed by atoms with Crippen LogP contribution in [0.5, 0.6) is 5.75 Å². The highest BCUT2D eigenvalue weighted by molar-refractivity contribution is 5.96. The molecule has 0 atom stereocenters. The zero-order chi connectivity index (χ0) is 9.84.